The molecule has 1 unspecified atom stereocenters. The second-order valence-electron chi connectivity index (χ2n) is 5.98. The first kappa shape index (κ1) is 16.5. The van der Waals surface area contributed by atoms with Crippen LogP contribution in [-0.4, -0.2) is 42.5 Å². The standard InChI is InChI=1S/C19H23N3O2/c1-24-17-6-4-5-16(13-17)18(22-11-2-3-12-22)14-21-19(23)15-7-9-20-10-8-15/h4-10,13,18H,2-3,11-12,14H2,1H3,(H,21,23). The molecule has 1 amide bonds. The number of nitrogens with zero attached hydrogens (tertiary/aromatic N) is 2. The van der Waals surface area contributed by atoms with Crippen molar-refractivity contribution in [2.75, 3.05) is 26.7 Å². The van der Waals surface area contributed by atoms with Crippen LogP contribution in [0.4, 0.5) is 0 Å². The number of carbonyl (C=O) groups is 1. The molecule has 2 aromatic rings. The van der Waals surface area contributed by atoms with Crippen LogP contribution < -0.4 is 10.1 Å². The van der Waals surface area contributed by atoms with Crippen LogP contribution in [-0.2, 0) is 0 Å². The molecule has 0 aliphatic carbocycles. The molecule has 1 fully saturated rings. The molecule has 1 aliphatic heterocycles. The van der Waals surface area contributed by atoms with E-state index in [9.17, 15) is 4.79 Å². The minimum absolute atomic E-state index is 0.0653. The summed E-state index contributed by atoms with van der Waals surface area (Å²) in [5.41, 5.74) is 1.81. The number of benzene rings is 1. The lowest BCUT2D eigenvalue weighted by atomic mass is 10.0. The lowest BCUT2D eigenvalue weighted by Crippen LogP contribution is -2.36. The monoisotopic (exact) mass is 325 g/mol. The first-order valence-electron chi connectivity index (χ1n) is 8.34. The van der Waals surface area contributed by atoms with E-state index >= 15 is 0 Å². The molecule has 5 nitrogen and oxygen atoms in total. The first-order valence-corrected chi connectivity index (χ1v) is 8.34. The second-order valence-corrected chi connectivity index (χ2v) is 5.98. The number of methoxy groups -OCH3 is 1. The number of nitrogens with one attached hydrogen (secondary N) is 1. The summed E-state index contributed by atoms with van der Waals surface area (Å²) < 4.78 is 5.35. The summed E-state index contributed by atoms with van der Waals surface area (Å²) in [4.78, 5) is 18.7. The maximum atomic E-state index is 12.3. The molecule has 24 heavy (non-hydrogen) atoms. The third kappa shape index (κ3) is 3.92. The van der Waals surface area contributed by atoms with Crippen molar-refractivity contribution in [2.24, 2.45) is 0 Å². The Balaban J connectivity index is 1.74. The number of pyridine rings is 1. The third-order valence-corrected chi connectivity index (χ3v) is 4.46. The van der Waals surface area contributed by atoms with Gasteiger partial charge in [0.1, 0.15) is 5.75 Å². The molecule has 5 heteroatoms. The lowest BCUT2D eigenvalue weighted by molar-refractivity contribution is 0.0938. The fourth-order valence-electron chi connectivity index (χ4n) is 3.15. The fourth-order valence-corrected chi connectivity index (χ4v) is 3.15. The predicted molar refractivity (Wildman–Crippen MR) is 93.1 cm³/mol. The summed E-state index contributed by atoms with van der Waals surface area (Å²) in [6, 6.07) is 11.7. The van der Waals surface area contributed by atoms with Crippen molar-refractivity contribution in [3.05, 3.63) is 59.9 Å². The second kappa shape index (κ2) is 7.93. The van der Waals surface area contributed by atoms with Crippen LogP contribution >= 0.6 is 0 Å². The normalized spacial score (nSPS) is 15.9. The highest BCUT2D eigenvalue weighted by molar-refractivity contribution is 5.93. The highest BCUT2D eigenvalue weighted by atomic mass is 16.5. The van der Waals surface area contributed by atoms with Gasteiger partial charge in [-0.2, -0.15) is 0 Å². The molecule has 1 N–H and O–H groups in total. The van der Waals surface area contributed by atoms with E-state index < -0.39 is 0 Å². The Labute approximate surface area is 142 Å². The van der Waals surface area contributed by atoms with Gasteiger partial charge >= 0.3 is 0 Å². The molecular weight excluding hydrogens is 302 g/mol. The molecule has 1 aliphatic rings. The number of amides is 1. The summed E-state index contributed by atoms with van der Waals surface area (Å²) >= 11 is 0. The molecule has 1 aromatic heterocycles. The van der Waals surface area contributed by atoms with Crippen molar-refractivity contribution >= 4 is 5.91 Å². The van der Waals surface area contributed by atoms with Crippen LogP contribution in [0, 0.1) is 0 Å². The predicted octanol–water partition coefficient (Wildman–Crippen LogP) is 2.66. The van der Waals surface area contributed by atoms with Crippen LogP contribution in [0.15, 0.2) is 48.8 Å². The summed E-state index contributed by atoms with van der Waals surface area (Å²) in [5.74, 6) is 0.779. The lowest BCUT2D eigenvalue weighted by Gasteiger charge is -2.28. The van der Waals surface area contributed by atoms with E-state index in [1.807, 2.05) is 12.1 Å². The van der Waals surface area contributed by atoms with Gasteiger partial charge in [0.15, 0.2) is 0 Å². The van der Waals surface area contributed by atoms with Crippen LogP contribution in [0.1, 0.15) is 34.8 Å². The number of ether oxygens (including phenoxy) is 1. The minimum Gasteiger partial charge on any atom is -0.497 e. The summed E-state index contributed by atoms with van der Waals surface area (Å²) in [6.07, 6.45) is 5.68. The minimum atomic E-state index is -0.0653. The maximum Gasteiger partial charge on any atom is 0.251 e. The van der Waals surface area contributed by atoms with E-state index in [2.05, 4.69) is 27.3 Å². The van der Waals surface area contributed by atoms with Crippen molar-refractivity contribution in [1.29, 1.82) is 0 Å². The van der Waals surface area contributed by atoms with Gasteiger partial charge in [-0.15, -0.1) is 0 Å². The summed E-state index contributed by atoms with van der Waals surface area (Å²) in [7, 11) is 1.68. The summed E-state index contributed by atoms with van der Waals surface area (Å²) in [5, 5.41) is 3.06. The van der Waals surface area contributed by atoms with Crippen LogP contribution in [0.5, 0.6) is 5.75 Å². The van der Waals surface area contributed by atoms with Crippen molar-refractivity contribution in [1.82, 2.24) is 15.2 Å². The SMILES string of the molecule is COc1cccc(C(CNC(=O)c2ccncc2)N2CCCC2)c1. The van der Waals surface area contributed by atoms with Crippen molar-refractivity contribution in [2.45, 2.75) is 18.9 Å². The maximum absolute atomic E-state index is 12.3. The van der Waals surface area contributed by atoms with E-state index in [0.717, 1.165) is 18.8 Å². The van der Waals surface area contributed by atoms with Gasteiger partial charge in [0, 0.05) is 24.5 Å². The summed E-state index contributed by atoms with van der Waals surface area (Å²) in [6.45, 7) is 2.70. The topological polar surface area (TPSA) is 54.5 Å². The van der Waals surface area contributed by atoms with E-state index in [0.29, 0.717) is 12.1 Å². The van der Waals surface area contributed by atoms with Gasteiger partial charge in [-0.3, -0.25) is 14.7 Å². The smallest absolute Gasteiger partial charge is 0.251 e. The van der Waals surface area contributed by atoms with Gasteiger partial charge in [-0.1, -0.05) is 12.1 Å². The Morgan fingerprint density at radius 1 is 1.25 bits per heavy atom. The molecule has 1 aromatic carbocycles. The Kier molecular flexibility index (Phi) is 5.43. The Hall–Kier alpha value is -2.40. The van der Waals surface area contributed by atoms with Crippen LogP contribution in [0.25, 0.3) is 0 Å². The van der Waals surface area contributed by atoms with Gasteiger partial charge in [-0.25, -0.2) is 0 Å². The van der Waals surface area contributed by atoms with Gasteiger partial charge in [-0.05, 0) is 55.8 Å². The quantitative estimate of drug-likeness (QED) is 0.887. The number of carbonyl (C=O) groups excluding carboxylic acids is 1. The van der Waals surface area contributed by atoms with E-state index in [1.54, 1.807) is 31.6 Å². The average Bonchev–Trinajstić information content (AvgIpc) is 3.17. The molecule has 0 spiro atoms. The first-order chi connectivity index (χ1) is 11.8. The molecule has 126 valence electrons. The number of hydrogen-bond acceptors (Lipinski definition) is 4. The molecule has 3 rings (SSSR count). The average molecular weight is 325 g/mol. The number of hydrogen-bond donors (Lipinski definition) is 1. The van der Waals surface area contributed by atoms with Crippen molar-refractivity contribution in [3.63, 3.8) is 0 Å². The Morgan fingerprint density at radius 2 is 2.00 bits per heavy atom. The molecular formula is C19H23N3O2. The highest BCUT2D eigenvalue weighted by Crippen LogP contribution is 2.27. The van der Waals surface area contributed by atoms with Gasteiger partial charge < -0.3 is 10.1 Å². The zero-order valence-corrected chi connectivity index (χ0v) is 13.9. The van der Waals surface area contributed by atoms with Gasteiger partial charge in [0.2, 0.25) is 0 Å². The number of likely N-dealkylation sites (tertiary alicyclic amines) is 1. The van der Waals surface area contributed by atoms with Gasteiger partial charge in [0.25, 0.3) is 5.91 Å². The number of rotatable bonds is 6. The zero-order chi connectivity index (χ0) is 16.8. The number of aromatic nitrogens is 1. The zero-order valence-electron chi connectivity index (χ0n) is 13.9. The molecule has 1 atom stereocenters. The van der Waals surface area contributed by atoms with Crippen LogP contribution in [0.3, 0.4) is 0 Å². The van der Waals surface area contributed by atoms with E-state index in [-0.39, 0.29) is 11.9 Å². The Morgan fingerprint density at radius 3 is 2.71 bits per heavy atom. The van der Waals surface area contributed by atoms with Crippen molar-refractivity contribution in [3.8, 4) is 5.75 Å². The van der Waals surface area contributed by atoms with E-state index in [4.69, 9.17) is 4.74 Å². The van der Waals surface area contributed by atoms with Crippen LogP contribution in [0.2, 0.25) is 0 Å². The highest BCUT2D eigenvalue weighted by Gasteiger charge is 2.24. The molecule has 0 saturated carbocycles. The Bertz CT molecular complexity index is 669. The molecule has 1 saturated heterocycles. The molecule has 0 bridgehead atoms. The van der Waals surface area contributed by atoms with E-state index in [1.165, 1.54) is 18.4 Å². The van der Waals surface area contributed by atoms with Crippen molar-refractivity contribution < 1.29 is 9.53 Å². The van der Waals surface area contributed by atoms with Gasteiger partial charge in [0.05, 0.1) is 13.2 Å². The third-order valence-electron chi connectivity index (χ3n) is 4.46. The largest absolute Gasteiger partial charge is 0.497 e. The molecule has 2 heterocycles. The molecule has 0 radical (unpaired) electrons. The fraction of sp³-hybridized carbons (Fsp3) is 0.368.